The molecule has 1 amide bonds. The van der Waals surface area contributed by atoms with E-state index in [0.717, 1.165) is 12.8 Å². The van der Waals surface area contributed by atoms with Crippen LogP contribution in [0.3, 0.4) is 0 Å². The Morgan fingerprint density at radius 1 is 1.29 bits per heavy atom. The van der Waals surface area contributed by atoms with Gasteiger partial charge in [-0.2, -0.15) is 9.61 Å². The normalized spacial score (nSPS) is 21.9. The second-order valence-electron chi connectivity index (χ2n) is 8.83. The van der Waals surface area contributed by atoms with Gasteiger partial charge in [-0.3, -0.25) is 9.59 Å². The molecule has 2 atom stereocenters. The molecule has 12 heteroatoms. The van der Waals surface area contributed by atoms with Crippen LogP contribution in [-0.2, 0) is 0 Å². The van der Waals surface area contributed by atoms with E-state index in [-0.39, 0.29) is 28.5 Å². The van der Waals surface area contributed by atoms with Gasteiger partial charge < -0.3 is 25.6 Å². The summed E-state index contributed by atoms with van der Waals surface area (Å²) in [5, 5.41) is 23.0. The van der Waals surface area contributed by atoms with Gasteiger partial charge in [0.05, 0.1) is 18.3 Å². The highest BCUT2D eigenvalue weighted by Gasteiger charge is 2.46. The van der Waals surface area contributed by atoms with Gasteiger partial charge in [0.15, 0.2) is 5.65 Å². The topological polar surface area (TPSA) is 126 Å². The molecule has 10 nitrogen and oxygen atoms in total. The fraction of sp³-hybridized carbons (Fsp3) is 0.455. The van der Waals surface area contributed by atoms with Crippen molar-refractivity contribution >= 4 is 28.9 Å². The number of aromatic nitrogens is 4. The molecule has 2 aliphatic carbocycles. The lowest BCUT2D eigenvalue weighted by Crippen LogP contribution is -2.50. The van der Waals surface area contributed by atoms with Crippen LogP contribution in [0.25, 0.3) is 5.65 Å². The molecule has 3 aromatic rings. The van der Waals surface area contributed by atoms with Gasteiger partial charge in [0.1, 0.15) is 22.9 Å². The number of pyridine rings is 1. The molecule has 3 aromatic heterocycles. The smallest absolute Gasteiger partial charge is 0.274 e. The largest absolute Gasteiger partial charge is 0.391 e. The van der Waals surface area contributed by atoms with Crippen LogP contribution in [0.1, 0.15) is 48.5 Å². The first kappa shape index (κ1) is 22.3. The summed E-state index contributed by atoms with van der Waals surface area (Å²) in [5.41, 5.74) is 0.316. The minimum atomic E-state index is -2.75. The Labute approximate surface area is 193 Å². The van der Waals surface area contributed by atoms with Crippen LogP contribution in [0, 0.1) is 0 Å². The van der Waals surface area contributed by atoms with Gasteiger partial charge in [0, 0.05) is 38.2 Å². The summed E-state index contributed by atoms with van der Waals surface area (Å²) in [5.74, 6) is -2.49. The van der Waals surface area contributed by atoms with Crippen LogP contribution in [-0.4, -0.2) is 55.3 Å². The molecule has 2 saturated carbocycles. The van der Waals surface area contributed by atoms with Crippen molar-refractivity contribution in [3.8, 4) is 0 Å². The van der Waals surface area contributed by atoms with Crippen LogP contribution in [0.2, 0.25) is 0 Å². The zero-order valence-corrected chi connectivity index (χ0v) is 18.5. The molecule has 4 N–H and O–H groups in total. The molecular formula is C22H25F2N7O3. The highest BCUT2D eigenvalue weighted by molar-refractivity contribution is 6.00. The monoisotopic (exact) mass is 473 g/mol. The fourth-order valence-electron chi connectivity index (χ4n) is 4.64. The third-order valence-corrected chi connectivity index (χ3v) is 6.44. The van der Waals surface area contributed by atoms with Crippen LogP contribution in [0.5, 0.6) is 0 Å². The van der Waals surface area contributed by atoms with Crippen molar-refractivity contribution < 1.29 is 18.7 Å². The number of carbonyl (C=O) groups excluding carboxylic acids is 1. The molecule has 0 bridgehead atoms. The van der Waals surface area contributed by atoms with E-state index in [0.29, 0.717) is 18.1 Å². The molecule has 0 radical (unpaired) electrons. The third kappa shape index (κ3) is 3.98. The lowest BCUT2D eigenvalue weighted by Gasteiger charge is -2.35. The van der Waals surface area contributed by atoms with Gasteiger partial charge in [-0.05, 0) is 31.4 Å². The van der Waals surface area contributed by atoms with Crippen LogP contribution in [0.15, 0.2) is 35.4 Å². The molecule has 5 rings (SSSR count). The van der Waals surface area contributed by atoms with Gasteiger partial charge in [0.2, 0.25) is 0 Å². The van der Waals surface area contributed by atoms with E-state index >= 15 is 0 Å². The van der Waals surface area contributed by atoms with E-state index in [9.17, 15) is 23.5 Å². The van der Waals surface area contributed by atoms with Gasteiger partial charge >= 0.3 is 0 Å². The summed E-state index contributed by atoms with van der Waals surface area (Å²) in [4.78, 5) is 30.2. The van der Waals surface area contributed by atoms with Crippen LogP contribution < -0.4 is 21.5 Å². The highest BCUT2D eigenvalue weighted by Crippen LogP contribution is 2.37. The summed E-state index contributed by atoms with van der Waals surface area (Å²) < 4.78 is 29.2. The van der Waals surface area contributed by atoms with Crippen molar-refractivity contribution in [1.82, 2.24) is 24.5 Å². The average molecular weight is 473 g/mol. The van der Waals surface area contributed by atoms with Crippen molar-refractivity contribution in [2.24, 2.45) is 0 Å². The molecule has 0 spiro atoms. The van der Waals surface area contributed by atoms with E-state index in [1.165, 1.54) is 15.3 Å². The first-order valence-corrected chi connectivity index (χ1v) is 11.2. The Kier molecular flexibility index (Phi) is 5.47. The molecule has 0 aromatic carbocycles. The Bertz CT molecular complexity index is 1300. The second-order valence-corrected chi connectivity index (χ2v) is 8.83. The number of fused-ring (bicyclic) bond motifs is 1. The Hall–Kier alpha value is -3.54. The quantitative estimate of drug-likeness (QED) is 0.433. The Balaban J connectivity index is 1.45. The van der Waals surface area contributed by atoms with Crippen molar-refractivity contribution in [1.29, 1.82) is 0 Å². The number of rotatable bonds is 6. The van der Waals surface area contributed by atoms with Crippen LogP contribution >= 0.6 is 0 Å². The molecule has 3 heterocycles. The predicted octanol–water partition coefficient (Wildman–Crippen LogP) is 2.29. The molecule has 34 heavy (non-hydrogen) atoms. The number of aliphatic hydroxyl groups is 1. The Morgan fingerprint density at radius 3 is 2.76 bits per heavy atom. The van der Waals surface area contributed by atoms with E-state index in [4.69, 9.17) is 0 Å². The summed E-state index contributed by atoms with van der Waals surface area (Å²) in [6, 6.07) is 4.09. The summed E-state index contributed by atoms with van der Waals surface area (Å²) in [6.45, 7) is 0. The van der Waals surface area contributed by atoms with Crippen molar-refractivity contribution in [2.75, 3.05) is 17.7 Å². The summed E-state index contributed by atoms with van der Waals surface area (Å²) >= 11 is 0. The number of nitrogens with zero attached hydrogens (tertiary/aromatic N) is 4. The molecule has 180 valence electrons. The van der Waals surface area contributed by atoms with Crippen molar-refractivity contribution in [3.63, 3.8) is 0 Å². The van der Waals surface area contributed by atoms with Crippen molar-refractivity contribution in [3.05, 3.63) is 46.5 Å². The fourth-order valence-corrected chi connectivity index (χ4v) is 4.64. The first-order valence-electron chi connectivity index (χ1n) is 11.2. The maximum absolute atomic E-state index is 13.1. The van der Waals surface area contributed by atoms with E-state index < -0.39 is 36.8 Å². The second kappa shape index (κ2) is 8.35. The number of anilines is 3. The number of aliphatic hydroxyl groups excluding tert-OH is 1. The molecular weight excluding hydrogens is 448 g/mol. The first-order chi connectivity index (χ1) is 16.3. The van der Waals surface area contributed by atoms with Crippen molar-refractivity contribution in [2.45, 2.75) is 56.2 Å². The number of hydrogen-bond acceptors (Lipinski definition) is 7. The average Bonchev–Trinajstić information content (AvgIpc) is 3.39. The summed E-state index contributed by atoms with van der Waals surface area (Å²) in [6.07, 6.45) is 3.86. The number of amides is 1. The molecule has 0 aliphatic heterocycles. The van der Waals surface area contributed by atoms with Gasteiger partial charge in [-0.25, -0.2) is 13.8 Å². The highest BCUT2D eigenvalue weighted by atomic mass is 19.3. The number of halogens is 2. The zero-order chi connectivity index (χ0) is 24.0. The minimum absolute atomic E-state index is 0.134. The minimum Gasteiger partial charge on any atom is -0.391 e. The lowest BCUT2D eigenvalue weighted by atomic mass is 9.88. The van der Waals surface area contributed by atoms with Gasteiger partial charge in [-0.15, -0.1) is 0 Å². The maximum Gasteiger partial charge on any atom is 0.274 e. The third-order valence-electron chi connectivity index (χ3n) is 6.44. The molecule has 2 fully saturated rings. The summed E-state index contributed by atoms with van der Waals surface area (Å²) in [7, 11) is 1.67. The molecule has 0 saturated heterocycles. The predicted molar refractivity (Wildman–Crippen MR) is 121 cm³/mol. The number of alkyl halides is 2. The van der Waals surface area contributed by atoms with Gasteiger partial charge in [0.25, 0.3) is 17.4 Å². The molecule has 0 unspecified atom stereocenters. The van der Waals surface area contributed by atoms with E-state index in [1.807, 2.05) is 0 Å². The Morgan fingerprint density at radius 2 is 2.09 bits per heavy atom. The van der Waals surface area contributed by atoms with Crippen LogP contribution in [0.4, 0.5) is 26.1 Å². The lowest BCUT2D eigenvalue weighted by molar-refractivity contribution is -0.0901. The number of carbonyl (C=O) groups is 1. The molecule has 2 aliphatic rings. The number of nitrogens with one attached hydrogen (secondary N) is 3. The standard InChI is InChI=1S/C22H25F2N7O3/c1-25-18-8-17(28-14-4-3-7-30(21(14)34)15-5-2-6-16(15)32)29-19-13(11-26-31(18)19)20(33)27-12-9-22(23,24)10-12/h3-4,7-8,11-12,15-16,25,32H,2,5-6,9-10H2,1H3,(H,27,33)(H,28,29)/t15-,16+/m1/s1. The van der Waals surface area contributed by atoms with Gasteiger partial charge in [-0.1, -0.05) is 0 Å². The maximum atomic E-state index is 13.1. The SMILES string of the molecule is CNc1cc(Nc2cccn([C@@H]3CCC[C@@H]3O)c2=O)nc2c(C(=O)NC3CC(F)(F)C3)cnn12. The zero-order valence-electron chi connectivity index (χ0n) is 18.5. The van der Waals surface area contributed by atoms with E-state index in [1.54, 1.807) is 31.4 Å². The van der Waals surface area contributed by atoms with E-state index in [2.05, 4.69) is 26.0 Å². The number of hydrogen-bond donors (Lipinski definition) is 4.